The Balaban J connectivity index is 1.55. The van der Waals surface area contributed by atoms with Crippen LogP contribution in [-0.2, 0) is 22.8 Å². The number of rotatable bonds is 6. The fourth-order valence-corrected chi connectivity index (χ4v) is 4.12. The van der Waals surface area contributed by atoms with Crippen molar-refractivity contribution in [1.82, 2.24) is 0 Å². The van der Waals surface area contributed by atoms with Crippen LogP contribution < -0.4 is 9.46 Å². The van der Waals surface area contributed by atoms with Gasteiger partial charge in [0.15, 0.2) is 0 Å². The standard InChI is InChI=1S/C25H16F7NO3S/c26-20-11-15(10-18(12-20)16-4-6-19(7-5-16)24(27,28)29)14-36-23-3-1-2-17-13-21(8-9-22(17)23)33-37(34,35)25(30,31)32/h1-13,33H,14H2. The molecule has 1 N–H and O–H groups in total. The average Bonchev–Trinajstić information content (AvgIpc) is 2.81. The highest BCUT2D eigenvalue weighted by molar-refractivity contribution is 7.93. The summed E-state index contributed by atoms with van der Waals surface area (Å²) in [4.78, 5) is 0. The minimum absolute atomic E-state index is 0.132. The van der Waals surface area contributed by atoms with Gasteiger partial charge in [-0.3, -0.25) is 4.72 Å². The number of benzene rings is 4. The summed E-state index contributed by atoms with van der Waals surface area (Å²) in [6.07, 6.45) is -4.50. The molecule has 0 fully saturated rings. The minimum atomic E-state index is -5.59. The molecule has 0 aliphatic carbocycles. The molecule has 0 bridgehead atoms. The Morgan fingerprint density at radius 2 is 1.49 bits per heavy atom. The molecule has 4 aromatic carbocycles. The molecule has 0 heterocycles. The molecule has 0 aliphatic rings. The highest BCUT2D eigenvalue weighted by Gasteiger charge is 2.46. The Hall–Kier alpha value is -3.80. The van der Waals surface area contributed by atoms with Gasteiger partial charge in [-0.25, -0.2) is 4.39 Å². The Bertz CT molecular complexity index is 1550. The van der Waals surface area contributed by atoms with E-state index in [1.807, 2.05) is 0 Å². The third-order valence-corrected chi connectivity index (χ3v) is 6.41. The van der Waals surface area contributed by atoms with Crippen LogP contribution in [0.4, 0.5) is 36.4 Å². The Morgan fingerprint density at radius 3 is 2.14 bits per heavy atom. The first-order valence-electron chi connectivity index (χ1n) is 10.4. The van der Waals surface area contributed by atoms with E-state index in [1.54, 1.807) is 24.3 Å². The zero-order valence-electron chi connectivity index (χ0n) is 18.5. The van der Waals surface area contributed by atoms with Crippen molar-refractivity contribution in [2.75, 3.05) is 4.72 Å². The molecule has 0 saturated heterocycles. The molecule has 0 spiro atoms. The smallest absolute Gasteiger partial charge is 0.488 e. The van der Waals surface area contributed by atoms with Gasteiger partial charge in [0.2, 0.25) is 0 Å². The maximum absolute atomic E-state index is 14.3. The number of fused-ring (bicyclic) bond motifs is 1. The summed E-state index contributed by atoms with van der Waals surface area (Å²) in [5, 5.41) is 0.835. The van der Waals surface area contributed by atoms with Crippen LogP contribution in [0.2, 0.25) is 0 Å². The predicted octanol–water partition coefficient (Wildman–Crippen LogP) is 7.51. The first-order valence-corrected chi connectivity index (χ1v) is 11.9. The first kappa shape index (κ1) is 26.3. The molecule has 0 aliphatic heterocycles. The van der Waals surface area contributed by atoms with Crippen LogP contribution in [-0.4, -0.2) is 13.9 Å². The van der Waals surface area contributed by atoms with Gasteiger partial charge in [-0.1, -0.05) is 24.3 Å². The first-order chi connectivity index (χ1) is 17.2. The fourth-order valence-electron chi connectivity index (χ4n) is 3.57. The molecule has 12 heteroatoms. The van der Waals surface area contributed by atoms with E-state index in [1.165, 1.54) is 41.1 Å². The van der Waals surface area contributed by atoms with E-state index in [2.05, 4.69) is 0 Å². The molecule has 4 nitrogen and oxygen atoms in total. The molecule has 0 saturated carbocycles. The van der Waals surface area contributed by atoms with Gasteiger partial charge in [0.1, 0.15) is 18.2 Å². The number of halogens is 7. The SMILES string of the molecule is O=S(=O)(Nc1ccc2c(OCc3cc(F)cc(-c4ccc(C(F)(F)F)cc4)c3)cccc2c1)C(F)(F)F. The Labute approximate surface area is 206 Å². The molecule has 4 rings (SSSR count). The van der Waals surface area contributed by atoms with Gasteiger partial charge in [-0.15, -0.1) is 0 Å². The number of nitrogens with one attached hydrogen (secondary N) is 1. The van der Waals surface area contributed by atoms with Crippen LogP contribution in [0.25, 0.3) is 21.9 Å². The summed E-state index contributed by atoms with van der Waals surface area (Å²) in [6.45, 7) is -0.132. The largest absolute Gasteiger partial charge is 0.516 e. The molecular weight excluding hydrogens is 527 g/mol. The Morgan fingerprint density at radius 1 is 0.784 bits per heavy atom. The van der Waals surface area contributed by atoms with Gasteiger partial charge in [-0.2, -0.15) is 34.8 Å². The molecule has 194 valence electrons. The number of hydrogen-bond donors (Lipinski definition) is 1. The normalized spacial score (nSPS) is 12.5. The summed E-state index contributed by atoms with van der Waals surface area (Å²) >= 11 is 0. The van der Waals surface area contributed by atoms with Crippen molar-refractivity contribution in [1.29, 1.82) is 0 Å². The van der Waals surface area contributed by atoms with Crippen molar-refractivity contribution < 1.29 is 43.9 Å². The second-order valence-corrected chi connectivity index (χ2v) is 9.63. The van der Waals surface area contributed by atoms with Gasteiger partial charge in [0.25, 0.3) is 0 Å². The number of alkyl halides is 6. The molecule has 37 heavy (non-hydrogen) atoms. The second-order valence-electron chi connectivity index (χ2n) is 7.96. The van der Waals surface area contributed by atoms with Gasteiger partial charge in [0, 0.05) is 11.1 Å². The van der Waals surface area contributed by atoms with Crippen molar-refractivity contribution in [3.8, 4) is 16.9 Å². The van der Waals surface area contributed by atoms with Crippen LogP contribution in [0.1, 0.15) is 11.1 Å². The van der Waals surface area contributed by atoms with Crippen LogP contribution in [0.15, 0.2) is 78.9 Å². The van der Waals surface area contributed by atoms with E-state index in [9.17, 15) is 39.2 Å². The minimum Gasteiger partial charge on any atom is -0.488 e. The summed E-state index contributed by atoms with van der Waals surface area (Å²) in [5.41, 5.74) is -5.52. The monoisotopic (exact) mass is 543 g/mol. The summed E-state index contributed by atoms with van der Waals surface area (Å²) in [5.74, 6) is -0.335. The van der Waals surface area contributed by atoms with Crippen LogP contribution in [0.5, 0.6) is 5.75 Å². The predicted molar refractivity (Wildman–Crippen MR) is 124 cm³/mol. The molecule has 4 aromatic rings. The summed E-state index contributed by atoms with van der Waals surface area (Å²) in [6, 6.07) is 16.6. The van der Waals surface area contributed by atoms with E-state index in [0.29, 0.717) is 33.2 Å². The fraction of sp³-hybridized carbons (Fsp3) is 0.120. The third-order valence-electron chi connectivity index (χ3n) is 5.29. The van der Waals surface area contributed by atoms with Gasteiger partial charge in [0.05, 0.1) is 5.56 Å². The van der Waals surface area contributed by atoms with Gasteiger partial charge >= 0.3 is 21.7 Å². The van der Waals surface area contributed by atoms with Gasteiger partial charge in [-0.05, 0) is 76.7 Å². The lowest BCUT2D eigenvalue weighted by Gasteiger charge is -2.13. The van der Waals surface area contributed by atoms with Crippen molar-refractivity contribution in [3.63, 3.8) is 0 Å². The number of hydrogen-bond acceptors (Lipinski definition) is 3. The number of ether oxygens (including phenoxy) is 1. The lowest BCUT2D eigenvalue weighted by molar-refractivity contribution is -0.137. The molecule has 0 unspecified atom stereocenters. The summed E-state index contributed by atoms with van der Waals surface area (Å²) < 4.78 is 121. The van der Waals surface area contributed by atoms with Crippen LogP contribution in [0, 0.1) is 5.82 Å². The topological polar surface area (TPSA) is 55.4 Å². The average molecular weight is 543 g/mol. The highest BCUT2D eigenvalue weighted by atomic mass is 32.2. The van der Waals surface area contributed by atoms with Crippen LogP contribution in [0.3, 0.4) is 0 Å². The zero-order chi connectivity index (χ0) is 27.0. The maximum atomic E-state index is 14.3. The van der Waals surface area contributed by atoms with E-state index in [0.717, 1.165) is 18.2 Å². The van der Waals surface area contributed by atoms with Gasteiger partial charge < -0.3 is 4.74 Å². The van der Waals surface area contributed by atoms with E-state index < -0.39 is 33.1 Å². The third kappa shape index (κ3) is 5.96. The van der Waals surface area contributed by atoms with Crippen molar-refractivity contribution in [2.45, 2.75) is 18.3 Å². The lowest BCUT2D eigenvalue weighted by atomic mass is 10.0. The number of sulfonamides is 1. The number of anilines is 1. The van der Waals surface area contributed by atoms with Crippen molar-refractivity contribution >= 4 is 26.5 Å². The quantitative estimate of drug-likeness (QED) is 0.256. The lowest BCUT2D eigenvalue weighted by Crippen LogP contribution is -2.29. The molecule has 0 amide bonds. The molecule has 0 atom stereocenters. The van der Waals surface area contributed by atoms with Crippen molar-refractivity contribution in [2.24, 2.45) is 0 Å². The molecular formula is C25H16F7NO3S. The van der Waals surface area contributed by atoms with Crippen molar-refractivity contribution in [3.05, 3.63) is 95.8 Å². The maximum Gasteiger partial charge on any atom is 0.516 e. The zero-order valence-corrected chi connectivity index (χ0v) is 19.3. The van der Waals surface area contributed by atoms with E-state index >= 15 is 0 Å². The van der Waals surface area contributed by atoms with E-state index in [-0.39, 0.29) is 12.3 Å². The van der Waals surface area contributed by atoms with E-state index in [4.69, 9.17) is 4.74 Å². The Kier molecular flexibility index (Phi) is 6.80. The summed E-state index contributed by atoms with van der Waals surface area (Å²) in [7, 11) is -5.59. The highest BCUT2D eigenvalue weighted by Crippen LogP contribution is 2.33. The molecule has 0 aromatic heterocycles. The second kappa shape index (κ2) is 9.58. The van der Waals surface area contributed by atoms with Crippen LogP contribution >= 0.6 is 0 Å². The molecule has 0 radical (unpaired) electrons.